The van der Waals surface area contributed by atoms with E-state index in [1.54, 1.807) is 12.1 Å². The van der Waals surface area contributed by atoms with Gasteiger partial charge in [0.05, 0.1) is 18.7 Å². The summed E-state index contributed by atoms with van der Waals surface area (Å²) in [5.41, 5.74) is 2.73. The van der Waals surface area contributed by atoms with E-state index in [1.807, 2.05) is 24.3 Å². The molecular formula is C34H44FN5O2. The number of carbonyl (C=O) groups excluding carboxylic acids is 1. The van der Waals surface area contributed by atoms with E-state index in [9.17, 15) is 14.4 Å². The molecule has 224 valence electrons. The summed E-state index contributed by atoms with van der Waals surface area (Å²) in [7, 11) is 1.43. The van der Waals surface area contributed by atoms with Crippen LogP contribution in [0, 0.1) is 34.9 Å². The van der Waals surface area contributed by atoms with Gasteiger partial charge < -0.3 is 24.8 Å². The predicted octanol–water partition coefficient (Wildman–Crippen LogP) is 5.01. The Balaban J connectivity index is 1.18. The third kappa shape index (κ3) is 5.87. The van der Waals surface area contributed by atoms with Crippen LogP contribution in [0.2, 0.25) is 0 Å². The minimum atomic E-state index is -0.368. The number of nitrogens with one attached hydrogen (secondary N) is 1. The van der Waals surface area contributed by atoms with Crippen molar-refractivity contribution in [2.45, 2.75) is 50.0 Å². The average Bonchev–Trinajstić information content (AvgIpc) is 3.43. The van der Waals surface area contributed by atoms with Gasteiger partial charge in [-0.05, 0) is 106 Å². The third-order valence-electron chi connectivity index (χ3n) is 10.6. The molecule has 42 heavy (non-hydrogen) atoms. The minimum Gasteiger partial charge on any atom is -0.453 e. The number of benzene rings is 2. The van der Waals surface area contributed by atoms with Gasteiger partial charge in [0.1, 0.15) is 5.82 Å². The number of hydrogen-bond acceptors (Lipinski definition) is 6. The van der Waals surface area contributed by atoms with E-state index in [0.717, 1.165) is 95.7 Å². The van der Waals surface area contributed by atoms with E-state index in [1.165, 1.54) is 13.5 Å². The van der Waals surface area contributed by atoms with Crippen LogP contribution in [0.25, 0.3) is 0 Å². The molecule has 1 amide bonds. The van der Waals surface area contributed by atoms with Crippen molar-refractivity contribution in [1.82, 2.24) is 15.1 Å². The Hall–Kier alpha value is -3.15. The number of rotatable bonds is 9. The van der Waals surface area contributed by atoms with Gasteiger partial charge in [0.15, 0.2) is 0 Å². The summed E-state index contributed by atoms with van der Waals surface area (Å²) in [6.07, 6.45) is 6.03. The normalized spacial score (nSPS) is 25.2. The number of halogens is 1. The highest BCUT2D eigenvalue weighted by Gasteiger charge is 2.53. The number of amides is 1. The number of carbonyl (C=O) groups is 1. The second-order valence-corrected chi connectivity index (χ2v) is 13.0. The zero-order valence-corrected chi connectivity index (χ0v) is 24.8. The van der Waals surface area contributed by atoms with Crippen molar-refractivity contribution in [3.8, 4) is 6.07 Å². The summed E-state index contributed by atoms with van der Waals surface area (Å²) in [5.74, 6) is 1.10. The maximum absolute atomic E-state index is 14.9. The van der Waals surface area contributed by atoms with Crippen molar-refractivity contribution in [3.05, 3.63) is 65.5 Å². The Kier molecular flexibility index (Phi) is 8.69. The number of nitrogens with zero attached hydrogens (tertiary/aromatic N) is 4. The lowest BCUT2D eigenvalue weighted by molar-refractivity contribution is 0.0223. The number of piperidine rings is 1. The van der Waals surface area contributed by atoms with E-state index in [-0.39, 0.29) is 29.3 Å². The van der Waals surface area contributed by atoms with Crippen LogP contribution < -0.4 is 10.2 Å². The zero-order valence-electron chi connectivity index (χ0n) is 24.8. The molecule has 2 aromatic carbocycles. The van der Waals surface area contributed by atoms with E-state index >= 15 is 0 Å². The Labute approximate surface area is 249 Å². The Bertz CT molecular complexity index is 1280. The van der Waals surface area contributed by atoms with Gasteiger partial charge in [0.2, 0.25) is 0 Å². The molecule has 7 nitrogen and oxygen atoms in total. The second-order valence-electron chi connectivity index (χ2n) is 13.0. The molecule has 0 bridgehead atoms. The number of methoxy groups -OCH3 is 1. The molecule has 6 rings (SSSR count). The topological polar surface area (TPSA) is 71.8 Å². The quantitative estimate of drug-likeness (QED) is 0.455. The van der Waals surface area contributed by atoms with Gasteiger partial charge >= 0.3 is 6.09 Å². The smallest absolute Gasteiger partial charge is 0.407 e. The molecule has 3 atom stereocenters. The van der Waals surface area contributed by atoms with Crippen LogP contribution in [0.15, 0.2) is 48.5 Å². The molecule has 8 heteroatoms. The van der Waals surface area contributed by atoms with Crippen LogP contribution >= 0.6 is 0 Å². The summed E-state index contributed by atoms with van der Waals surface area (Å²) < 4.78 is 19.9. The first kappa shape index (κ1) is 28.9. The van der Waals surface area contributed by atoms with Crippen molar-refractivity contribution in [3.63, 3.8) is 0 Å². The Morgan fingerprint density at radius 3 is 2.50 bits per heavy atom. The third-order valence-corrected chi connectivity index (χ3v) is 10.6. The van der Waals surface area contributed by atoms with Crippen LogP contribution in [-0.4, -0.2) is 81.4 Å². The lowest BCUT2D eigenvalue weighted by Crippen LogP contribution is -2.60. The summed E-state index contributed by atoms with van der Waals surface area (Å²) in [4.78, 5) is 19.9. The molecule has 0 spiro atoms. The largest absolute Gasteiger partial charge is 0.453 e. The molecule has 1 saturated carbocycles. The van der Waals surface area contributed by atoms with Gasteiger partial charge in [-0.3, -0.25) is 0 Å². The van der Waals surface area contributed by atoms with Crippen molar-refractivity contribution in [2.24, 2.45) is 17.8 Å². The van der Waals surface area contributed by atoms with Crippen LogP contribution in [0.1, 0.15) is 49.7 Å². The molecule has 0 unspecified atom stereocenters. The molecule has 1 aliphatic carbocycles. The molecular weight excluding hydrogens is 529 g/mol. The van der Waals surface area contributed by atoms with Crippen LogP contribution in [0.5, 0.6) is 0 Å². The number of hydrogen-bond donors (Lipinski definition) is 1. The Morgan fingerprint density at radius 2 is 1.81 bits per heavy atom. The SMILES string of the molecule is COC(=O)N[C@H]1CCC[C@@H]1[C@@](CN1CCC1)(c1cccc(F)c1)C1CCN(CC2CN(c3cccc(C#N)c3)C2)CC1. The van der Waals surface area contributed by atoms with Gasteiger partial charge in [-0.15, -0.1) is 0 Å². The lowest BCUT2D eigenvalue weighted by atomic mass is 9.57. The van der Waals surface area contributed by atoms with Gasteiger partial charge in [-0.2, -0.15) is 5.26 Å². The average molecular weight is 574 g/mol. The second kappa shape index (κ2) is 12.6. The summed E-state index contributed by atoms with van der Waals surface area (Å²) in [6.45, 7) is 8.34. The number of nitriles is 1. The fourth-order valence-corrected chi connectivity index (χ4v) is 8.40. The van der Waals surface area contributed by atoms with Gasteiger partial charge in [0.25, 0.3) is 0 Å². The van der Waals surface area contributed by atoms with Crippen molar-refractivity contribution >= 4 is 11.8 Å². The number of ether oxygens (including phenoxy) is 1. The van der Waals surface area contributed by atoms with Crippen LogP contribution in [0.4, 0.5) is 14.9 Å². The molecule has 4 aliphatic rings. The molecule has 0 radical (unpaired) electrons. The molecule has 2 aromatic rings. The molecule has 3 heterocycles. The number of likely N-dealkylation sites (tertiary alicyclic amines) is 2. The fourth-order valence-electron chi connectivity index (χ4n) is 8.40. The monoisotopic (exact) mass is 573 g/mol. The minimum absolute atomic E-state index is 0.0283. The summed E-state index contributed by atoms with van der Waals surface area (Å²) in [6, 6.07) is 17.5. The highest BCUT2D eigenvalue weighted by Crippen LogP contribution is 2.51. The maximum Gasteiger partial charge on any atom is 0.407 e. The summed E-state index contributed by atoms with van der Waals surface area (Å²) >= 11 is 0. The molecule has 3 saturated heterocycles. The molecule has 0 aromatic heterocycles. The first-order valence-corrected chi connectivity index (χ1v) is 15.8. The van der Waals surface area contributed by atoms with Crippen molar-refractivity contribution in [1.29, 1.82) is 5.26 Å². The van der Waals surface area contributed by atoms with Crippen LogP contribution in [-0.2, 0) is 10.2 Å². The standard InChI is InChI=1S/C34H44FN5O2/c1-42-33(41)37-32-11-4-10-31(32)34(24-39-14-5-15-39,28-7-3-8-29(35)19-28)27-12-16-38(17-13-27)21-26-22-40(23-26)30-9-2-6-25(18-30)20-36/h2-3,6-9,18-19,26-27,31-32H,4-5,10-17,21-24H2,1H3,(H,37,41)/t31-,32-,34+/m0/s1. The van der Waals surface area contributed by atoms with Gasteiger partial charge in [-0.25, -0.2) is 9.18 Å². The maximum atomic E-state index is 14.9. The highest BCUT2D eigenvalue weighted by molar-refractivity contribution is 5.67. The van der Waals surface area contributed by atoms with E-state index < -0.39 is 0 Å². The lowest BCUT2D eigenvalue weighted by Gasteiger charge is -2.54. The number of anilines is 1. The predicted molar refractivity (Wildman–Crippen MR) is 162 cm³/mol. The van der Waals surface area contributed by atoms with E-state index in [4.69, 9.17) is 4.74 Å². The summed E-state index contributed by atoms with van der Waals surface area (Å²) in [5, 5.41) is 12.4. The molecule has 3 aliphatic heterocycles. The molecule has 4 fully saturated rings. The first-order chi connectivity index (χ1) is 20.5. The number of alkyl carbamates (subject to hydrolysis) is 1. The first-order valence-electron chi connectivity index (χ1n) is 15.8. The van der Waals surface area contributed by atoms with Crippen molar-refractivity contribution in [2.75, 3.05) is 64.4 Å². The Morgan fingerprint density at radius 1 is 1.02 bits per heavy atom. The van der Waals surface area contributed by atoms with E-state index in [0.29, 0.717) is 17.4 Å². The highest BCUT2D eigenvalue weighted by atomic mass is 19.1. The molecule has 1 N–H and O–H groups in total. The zero-order chi connectivity index (χ0) is 29.1. The van der Waals surface area contributed by atoms with Gasteiger partial charge in [0, 0.05) is 49.2 Å². The van der Waals surface area contributed by atoms with Gasteiger partial charge in [-0.1, -0.05) is 24.6 Å². The fraction of sp³-hybridized carbons (Fsp3) is 0.588. The van der Waals surface area contributed by atoms with E-state index in [2.05, 4.69) is 38.2 Å². The van der Waals surface area contributed by atoms with Crippen molar-refractivity contribution < 1.29 is 13.9 Å². The van der Waals surface area contributed by atoms with Crippen LogP contribution in [0.3, 0.4) is 0 Å².